The highest BCUT2D eigenvalue weighted by atomic mass is 19.4. The lowest BCUT2D eigenvalue weighted by Crippen LogP contribution is -2.04. The molecule has 0 aliphatic rings. The zero-order valence-corrected chi connectivity index (χ0v) is 6.34. The summed E-state index contributed by atoms with van der Waals surface area (Å²) >= 11 is 0. The number of hydrogen-bond acceptors (Lipinski definition) is 1. The predicted molar refractivity (Wildman–Crippen MR) is 39.0 cm³/mol. The van der Waals surface area contributed by atoms with Gasteiger partial charge in [-0.15, -0.1) is 0 Å². The highest BCUT2D eigenvalue weighted by Gasteiger charge is 2.34. The Morgan fingerprint density at radius 2 is 2.08 bits per heavy atom. The molecule has 67 valence electrons. The summed E-state index contributed by atoms with van der Waals surface area (Å²) < 4.78 is 37.6. The lowest BCUT2D eigenvalue weighted by Gasteiger charge is -1.97. The van der Waals surface area contributed by atoms with Crippen LogP contribution in [0.2, 0.25) is 0 Å². The SMILES string of the molecule is FC(F)(F)c1[c]n2ccccc2n1. The van der Waals surface area contributed by atoms with Gasteiger partial charge in [-0.25, -0.2) is 4.98 Å². The molecule has 0 aromatic carbocycles. The summed E-state index contributed by atoms with van der Waals surface area (Å²) in [5.74, 6) is 0. The predicted octanol–water partition coefficient (Wildman–Crippen LogP) is 2.15. The molecule has 0 saturated heterocycles. The van der Waals surface area contributed by atoms with Crippen molar-refractivity contribution in [2.24, 2.45) is 0 Å². The second-order valence-corrected chi connectivity index (χ2v) is 2.50. The van der Waals surface area contributed by atoms with Crippen LogP contribution in [0.4, 0.5) is 13.2 Å². The Hall–Kier alpha value is -1.52. The van der Waals surface area contributed by atoms with Gasteiger partial charge in [0.2, 0.25) is 0 Å². The highest BCUT2D eigenvalue weighted by Crippen LogP contribution is 2.27. The Labute approximate surface area is 71.6 Å². The first-order chi connectivity index (χ1) is 6.07. The Morgan fingerprint density at radius 1 is 1.31 bits per heavy atom. The molecule has 2 nitrogen and oxygen atoms in total. The number of imidazole rings is 1. The first-order valence-electron chi connectivity index (χ1n) is 3.51. The summed E-state index contributed by atoms with van der Waals surface area (Å²) in [6, 6.07) is 4.73. The van der Waals surface area contributed by atoms with Crippen LogP contribution in [0, 0.1) is 6.20 Å². The summed E-state index contributed by atoms with van der Waals surface area (Å²) in [5, 5.41) is 0. The van der Waals surface area contributed by atoms with Crippen molar-refractivity contribution >= 4 is 5.65 Å². The quantitative estimate of drug-likeness (QED) is 0.614. The van der Waals surface area contributed by atoms with Crippen molar-refractivity contribution in [2.45, 2.75) is 6.18 Å². The summed E-state index contributed by atoms with van der Waals surface area (Å²) in [6.45, 7) is 0. The molecule has 1 radical (unpaired) electrons. The maximum Gasteiger partial charge on any atom is 0.435 e. The Bertz CT molecular complexity index is 397. The fourth-order valence-corrected chi connectivity index (χ4v) is 1.00. The lowest BCUT2D eigenvalue weighted by atomic mass is 10.5. The minimum absolute atomic E-state index is 0.245. The Balaban J connectivity index is 2.63. The van der Waals surface area contributed by atoms with Gasteiger partial charge in [0.1, 0.15) is 11.8 Å². The third kappa shape index (κ3) is 1.37. The first kappa shape index (κ1) is 8.10. The summed E-state index contributed by atoms with van der Waals surface area (Å²) in [7, 11) is 0. The Kier molecular flexibility index (Phi) is 1.55. The number of alkyl halides is 3. The van der Waals surface area contributed by atoms with Crippen LogP contribution in [-0.2, 0) is 6.18 Å². The van der Waals surface area contributed by atoms with Gasteiger partial charge in [-0.3, -0.25) is 4.40 Å². The van der Waals surface area contributed by atoms with Crippen LogP contribution in [0.3, 0.4) is 0 Å². The summed E-state index contributed by atoms with van der Waals surface area (Å²) in [4.78, 5) is 3.37. The minimum atomic E-state index is -4.42. The molecule has 2 rings (SSSR count). The van der Waals surface area contributed by atoms with Crippen LogP contribution < -0.4 is 0 Å². The van der Waals surface area contributed by atoms with Crippen LogP contribution in [-0.4, -0.2) is 9.38 Å². The molecular formula is C8H4F3N2. The van der Waals surface area contributed by atoms with Gasteiger partial charge in [0, 0.05) is 6.20 Å². The maximum atomic E-state index is 12.1. The van der Waals surface area contributed by atoms with Gasteiger partial charge in [0.15, 0.2) is 5.69 Å². The van der Waals surface area contributed by atoms with E-state index in [1.165, 1.54) is 16.7 Å². The molecule has 2 aromatic heterocycles. The molecule has 0 atom stereocenters. The fraction of sp³-hybridized carbons (Fsp3) is 0.125. The first-order valence-corrected chi connectivity index (χ1v) is 3.51. The third-order valence-electron chi connectivity index (χ3n) is 1.56. The van der Waals surface area contributed by atoms with Gasteiger partial charge >= 0.3 is 6.18 Å². The van der Waals surface area contributed by atoms with E-state index in [1.54, 1.807) is 12.1 Å². The zero-order chi connectivity index (χ0) is 9.47. The molecule has 0 fully saturated rings. The molecular weight excluding hydrogens is 181 g/mol. The number of halogens is 3. The van der Waals surface area contributed by atoms with E-state index in [9.17, 15) is 13.2 Å². The third-order valence-corrected chi connectivity index (χ3v) is 1.56. The van der Waals surface area contributed by atoms with Crippen LogP contribution in [0.15, 0.2) is 24.4 Å². The van der Waals surface area contributed by atoms with Crippen LogP contribution in [0.5, 0.6) is 0 Å². The molecule has 0 aliphatic carbocycles. The average molecular weight is 185 g/mol. The molecule has 13 heavy (non-hydrogen) atoms. The van der Waals surface area contributed by atoms with E-state index < -0.39 is 11.9 Å². The monoisotopic (exact) mass is 185 g/mol. The van der Waals surface area contributed by atoms with E-state index in [0.29, 0.717) is 0 Å². The van der Waals surface area contributed by atoms with Gasteiger partial charge in [-0.1, -0.05) is 6.07 Å². The average Bonchev–Trinajstić information content (AvgIpc) is 2.45. The molecule has 0 bridgehead atoms. The van der Waals surface area contributed by atoms with E-state index in [2.05, 4.69) is 11.2 Å². The molecule has 0 aliphatic heterocycles. The molecule has 2 heterocycles. The van der Waals surface area contributed by atoms with Gasteiger partial charge in [0.05, 0.1) is 0 Å². The van der Waals surface area contributed by atoms with Crippen molar-refractivity contribution in [2.75, 3.05) is 0 Å². The highest BCUT2D eigenvalue weighted by molar-refractivity contribution is 5.39. The number of hydrogen-bond donors (Lipinski definition) is 0. The van der Waals surface area contributed by atoms with E-state index in [1.807, 2.05) is 0 Å². The van der Waals surface area contributed by atoms with Crippen LogP contribution >= 0.6 is 0 Å². The van der Waals surface area contributed by atoms with Crippen molar-refractivity contribution in [3.8, 4) is 0 Å². The van der Waals surface area contributed by atoms with Gasteiger partial charge in [-0.05, 0) is 12.1 Å². The van der Waals surface area contributed by atoms with Crippen LogP contribution in [0.25, 0.3) is 5.65 Å². The van der Waals surface area contributed by atoms with Gasteiger partial charge in [0.25, 0.3) is 0 Å². The van der Waals surface area contributed by atoms with Gasteiger partial charge < -0.3 is 0 Å². The zero-order valence-electron chi connectivity index (χ0n) is 6.34. The van der Waals surface area contributed by atoms with Crippen molar-refractivity contribution in [1.29, 1.82) is 0 Å². The lowest BCUT2D eigenvalue weighted by molar-refractivity contribution is -0.141. The minimum Gasteiger partial charge on any atom is -0.298 e. The molecule has 2 aromatic rings. The summed E-state index contributed by atoms with van der Waals surface area (Å²) in [5.41, 5.74) is -0.742. The van der Waals surface area contributed by atoms with Crippen molar-refractivity contribution in [1.82, 2.24) is 9.38 Å². The van der Waals surface area contributed by atoms with Gasteiger partial charge in [-0.2, -0.15) is 13.2 Å². The van der Waals surface area contributed by atoms with Crippen LogP contribution in [0.1, 0.15) is 5.69 Å². The van der Waals surface area contributed by atoms with Crippen molar-refractivity contribution in [3.63, 3.8) is 0 Å². The number of pyridine rings is 1. The molecule has 0 saturated carbocycles. The number of rotatable bonds is 0. The molecule has 0 unspecified atom stereocenters. The maximum absolute atomic E-state index is 12.1. The standard InChI is InChI=1S/C8H4F3N2/c9-8(10,11)6-5-13-4-2-1-3-7(13)12-6/h1-4H. The smallest absolute Gasteiger partial charge is 0.298 e. The number of fused-ring (bicyclic) bond motifs is 1. The Morgan fingerprint density at radius 3 is 2.69 bits per heavy atom. The molecule has 0 spiro atoms. The van der Waals surface area contributed by atoms with Crippen molar-refractivity contribution < 1.29 is 13.2 Å². The van der Waals surface area contributed by atoms with E-state index >= 15 is 0 Å². The fourth-order valence-electron chi connectivity index (χ4n) is 1.00. The molecule has 0 N–H and O–H groups in total. The molecule has 0 amide bonds. The second-order valence-electron chi connectivity index (χ2n) is 2.50. The summed E-state index contributed by atoms with van der Waals surface area (Å²) in [6.07, 6.45) is -0.839. The normalized spacial score (nSPS) is 12.2. The topological polar surface area (TPSA) is 17.3 Å². The number of aromatic nitrogens is 2. The largest absolute Gasteiger partial charge is 0.435 e. The second kappa shape index (κ2) is 2.48. The van der Waals surface area contributed by atoms with E-state index in [-0.39, 0.29) is 5.65 Å². The van der Waals surface area contributed by atoms with E-state index in [4.69, 9.17) is 0 Å². The molecule has 5 heteroatoms. The van der Waals surface area contributed by atoms with Crippen molar-refractivity contribution in [3.05, 3.63) is 36.3 Å². The number of nitrogens with zero attached hydrogens (tertiary/aromatic N) is 2. The van der Waals surface area contributed by atoms with E-state index in [0.717, 1.165) is 0 Å².